The number of nitrogens with one attached hydrogen (secondary N) is 2. The van der Waals surface area contributed by atoms with E-state index in [9.17, 15) is 4.79 Å². The number of aromatic amines is 1. The number of anilines is 1. The van der Waals surface area contributed by atoms with Crippen LogP contribution in [0.15, 0.2) is 89.5 Å². The zero-order valence-electron chi connectivity index (χ0n) is 21.5. The second-order valence-electron chi connectivity index (χ2n) is 8.89. The van der Waals surface area contributed by atoms with E-state index >= 15 is 0 Å². The summed E-state index contributed by atoms with van der Waals surface area (Å²) >= 11 is 0. The van der Waals surface area contributed by atoms with Gasteiger partial charge in [0.05, 0.1) is 18.8 Å². The lowest BCUT2D eigenvalue weighted by Gasteiger charge is -2.12. The van der Waals surface area contributed by atoms with Crippen molar-refractivity contribution in [3.63, 3.8) is 0 Å². The van der Waals surface area contributed by atoms with Gasteiger partial charge in [0, 0.05) is 23.0 Å². The molecule has 39 heavy (non-hydrogen) atoms. The number of benzene rings is 4. The van der Waals surface area contributed by atoms with Gasteiger partial charge in [-0.15, -0.1) is 0 Å². The Balaban J connectivity index is 1.23. The summed E-state index contributed by atoms with van der Waals surface area (Å²) in [4.78, 5) is 17.6. The van der Waals surface area contributed by atoms with Crippen molar-refractivity contribution in [3.8, 4) is 34.2 Å². The van der Waals surface area contributed by atoms with Crippen LogP contribution in [0.4, 0.5) is 5.69 Å². The van der Waals surface area contributed by atoms with E-state index in [4.69, 9.17) is 18.9 Å². The van der Waals surface area contributed by atoms with Crippen LogP contribution in [0, 0.1) is 0 Å². The van der Waals surface area contributed by atoms with Crippen LogP contribution in [0.25, 0.3) is 44.6 Å². The summed E-state index contributed by atoms with van der Waals surface area (Å²) in [7, 11) is 0. The van der Waals surface area contributed by atoms with Gasteiger partial charge in [0.1, 0.15) is 11.2 Å². The quantitative estimate of drug-likeness (QED) is 0.223. The van der Waals surface area contributed by atoms with E-state index in [1.807, 2.05) is 68.4 Å². The van der Waals surface area contributed by atoms with Gasteiger partial charge in [-0.1, -0.05) is 36.4 Å². The molecule has 8 nitrogen and oxygen atoms in total. The van der Waals surface area contributed by atoms with Crippen LogP contribution >= 0.6 is 0 Å². The van der Waals surface area contributed by atoms with Gasteiger partial charge in [-0.05, 0) is 67.1 Å². The third kappa shape index (κ3) is 4.80. The van der Waals surface area contributed by atoms with E-state index in [-0.39, 0.29) is 5.91 Å². The van der Waals surface area contributed by atoms with E-state index in [2.05, 4.69) is 21.6 Å². The average molecular weight is 519 g/mol. The van der Waals surface area contributed by atoms with E-state index < -0.39 is 0 Å². The fraction of sp³-hybridized carbons (Fsp3) is 0.129. The predicted molar refractivity (Wildman–Crippen MR) is 151 cm³/mol. The Morgan fingerprint density at radius 3 is 2.41 bits per heavy atom. The Labute approximate surface area is 224 Å². The van der Waals surface area contributed by atoms with Crippen LogP contribution in [0.2, 0.25) is 0 Å². The smallest absolute Gasteiger partial charge is 0.255 e. The van der Waals surface area contributed by atoms with E-state index in [1.54, 1.807) is 24.4 Å². The highest BCUT2D eigenvalue weighted by Crippen LogP contribution is 2.34. The molecule has 0 fully saturated rings. The summed E-state index contributed by atoms with van der Waals surface area (Å²) < 4.78 is 17.3. The molecule has 0 saturated carbocycles. The maximum Gasteiger partial charge on any atom is 0.255 e. The van der Waals surface area contributed by atoms with E-state index in [0.717, 1.165) is 33.0 Å². The van der Waals surface area contributed by atoms with Gasteiger partial charge in [-0.3, -0.25) is 9.89 Å². The predicted octanol–water partition coefficient (Wildman–Crippen LogP) is 7.09. The van der Waals surface area contributed by atoms with Gasteiger partial charge in [0.15, 0.2) is 17.1 Å². The maximum atomic E-state index is 12.9. The van der Waals surface area contributed by atoms with Crippen LogP contribution in [-0.4, -0.2) is 34.3 Å². The molecule has 0 aliphatic heterocycles. The van der Waals surface area contributed by atoms with Crippen molar-refractivity contribution < 1.29 is 18.7 Å². The molecule has 2 aromatic heterocycles. The largest absolute Gasteiger partial charge is 0.490 e. The van der Waals surface area contributed by atoms with Gasteiger partial charge in [0.25, 0.3) is 5.91 Å². The van der Waals surface area contributed by atoms with Crippen molar-refractivity contribution in [3.05, 3.63) is 90.6 Å². The lowest BCUT2D eigenvalue weighted by Crippen LogP contribution is -2.12. The SMILES string of the molecule is CCOc1ccc(C(=O)Nc2ccc(-c3n[nH]cc3-c3nc4cc5ccccc5cc4o3)cc2)cc1OCC. The zero-order chi connectivity index (χ0) is 26.8. The van der Waals surface area contributed by atoms with E-state index in [1.165, 1.54) is 0 Å². The molecular formula is C31H26N4O4. The summed E-state index contributed by atoms with van der Waals surface area (Å²) in [5, 5.41) is 12.5. The summed E-state index contributed by atoms with van der Waals surface area (Å²) in [5.74, 6) is 1.40. The van der Waals surface area contributed by atoms with Crippen molar-refractivity contribution in [2.75, 3.05) is 18.5 Å². The highest BCUT2D eigenvalue weighted by atomic mass is 16.5. The maximum absolute atomic E-state index is 12.9. The average Bonchev–Trinajstić information content (AvgIpc) is 3.60. The summed E-state index contributed by atoms with van der Waals surface area (Å²) in [6, 6.07) is 24.8. The highest BCUT2D eigenvalue weighted by Gasteiger charge is 2.17. The van der Waals surface area contributed by atoms with Gasteiger partial charge in [-0.25, -0.2) is 4.98 Å². The number of ether oxygens (including phenoxy) is 2. The van der Waals surface area contributed by atoms with Crippen molar-refractivity contribution >= 4 is 33.5 Å². The number of aromatic nitrogens is 3. The molecule has 4 aromatic carbocycles. The van der Waals surface area contributed by atoms with Gasteiger partial charge < -0.3 is 19.2 Å². The third-order valence-corrected chi connectivity index (χ3v) is 6.35. The first-order valence-electron chi connectivity index (χ1n) is 12.8. The minimum absolute atomic E-state index is 0.244. The summed E-state index contributed by atoms with van der Waals surface area (Å²) in [6.45, 7) is 4.78. The Hall–Kier alpha value is -5.11. The number of hydrogen-bond acceptors (Lipinski definition) is 6. The molecule has 0 spiro atoms. The second-order valence-corrected chi connectivity index (χ2v) is 8.89. The molecule has 0 unspecified atom stereocenters. The number of H-pyrrole nitrogens is 1. The Morgan fingerprint density at radius 2 is 1.64 bits per heavy atom. The number of nitrogens with zero attached hydrogens (tertiary/aromatic N) is 2. The number of carbonyl (C=O) groups is 1. The summed E-state index contributed by atoms with van der Waals surface area (Å²) in [5.41, 5.74) is 4.95. The number of amides is 1. The molecule has 0 radical (unpaired) electrons. The number of carbonyl (C=O) groups excluding carboxylic acids is 1. The van der Waals surface area contributed by atoms with Crippen molar-refractivity contribution in [2.24, 2.45) is 0 Å². The number of oxazole rings is 1. The molecule has 2 N–H and O–H groups in total. The molecule has 6 aromatic rings. The van der Waals surface area contributed by atoms with Gasteiger partial charge in [0.2, 0.25) is 5.89 Å². The van der Waals surface area contributed by atoms with Gasteiger partial charge >= 0.3 is 0 Å². The van der Waals surface area contributed by atoms with Crippen LogP contribution in [-0.2, 0) is 0 Å². The zero-order valence-corrected chi connectivity index (χ0v) is 21.5. The molecule has 0 bridgehead atoms. The highest BCUT2D eigenvalue weighted by molar-refractivity contribution is 6.04. The van der Waals surface area contributed by atoms with Crippen LogP contribution in [0.1, 0.15) is 24.2 Å². The standard InChI is InChI=1S/C31H26N4O4/c1-3-37-26-14-11-22(17-28(26)38-4-2)30(36)33-23-12-9-19(10-13-23)29-24(18-32-35-29)31-34-25-15-20-7-5-6-8-21(20)16-27(25)39-31/h5-18H,3-4H2,1-2H3,(H,32,35)(H,33,36). The minimum atomic E-state index is -0.244. The molecule has 6 rings (SSSR count). The fourth-order valence-electron chi connectivity index (χ4n) is 4.51. The van der Waals surface area contributed by atoms with Crippen LogP contribution < -0.4 is 14.8 Å². The molecular weight excluding hydrogens is 492 g/mol. The lowest BCUT2D eigenvalue weighted by atomic mass is 10.1. The Kier molecular flexibility index (Phi) is 6.42. The minimum Gasteiger partial charge on any atom is -0.490 e. The molecule has 0 saturated heterocycles. The molecule has 0 aliphatic rings. The van der Waals surface area contributed by atoms with Crippen molar-refractivity contribution in [2.45, 2.75) is 13.8 Å². The first-order chi connectivity index (χ1) is 19.1. The topological polar surface area (TPSA) is 102 Å². The van der Waals surface area contributed by atoms with E-state index in [0.29, 0.717) is 47.5 Å². The van der Waals surface area contributed by atoms with Crippen LogP contribution in [0.3, 0.4) is 0 Å². The summed E-state index contributed by atoms with van der Waals surface area (Å²) in [6.07, 6.45) is 1.78. The molecule has 2 heterocycles. The first kappa shape index (κ1) is 24.2. The van der Waals surface area contributed by atoms with Crippen LogP contribution in [0.5, 0.6) is 11.5 Å². The molecule has 0 atom stereocenters. The molecule has 0 aliphatic carbocycles. The first-order valence-corrected chi connectivity index (χ1v) is 12.8. The van der Waals surface area contributed by atoms with Crippen molar-refractivity contribution in [1.29, 1.82) is 0 Å². The van der Waals surface area contributed by atoms with Gasteiger partial charge in [-0.2, -0.15) is 5.10 Å². The Morgan fingerprint density at radius 1 is 0.897 bits per heavy atom. The van der Waals surface area contributed by atoms with Crippen molar-refractivity contribution in [1.82, 2.24) is 15.2 Å². The molecule has 8 heteroatoms. The number of hydrogen-bond donors (Lipinski definition) is 2. The normalized spacial score (nSPS) is 11.1. The lowest BCUT2D eigenvalue weighted by molar-refractivity contribution is 0.102. The third-order valence-electron chi connectivity index (χ3n) is 6.35. The Bertz CT molecular complexity index is 1730. The number of rotatable bonds is 8. The molecule has 1 amide bonds. The molecule has 194 valence electrons. The second kappa shape index (κ2) is 10.3. The fourth-order valence-corrected chi connectivity index (χ4v) is 4.51. The number of fused-ring (bicyclic) bond motifs is 2. The monoisotopic (exact) mass is 518 g/mol.